The van der Waals surface area contributed by atoms with Gasteiger partial charge in [0.1, 0.15) is 12.4 Å². The highest BCUT2D eigenvalue weighted by atomic mass is 16.5. The summed E-state index contributed by atoms with van der Waals surface area (Å²) in [6, 6.07) is 15.7. The molecular formula is C18H18O3. The van der Waals surface area contributed by atoms with E-state index in [1.165, 1.54) is 0 Å². The van der Waals surface area contributed by atoms with Gasteiger partial charge < -0.3 is 9.84 Å². The van der Waals surface area contributed by atoms with Gasteiger partial charge in [0.2, 0.25) is 0 Å². The van der Waals surface area contributed by atoms with Crippen LogP contribution in [-0.2, 0) is 17.8 Å². The van der Waals surface area contributed by atoms with Crippen molar-refractivity contribution < 1.29 is 14.6 Å². The molecule has 0 saturated carbocycles. The standard InChI is InChI=1S/C18H18O3/c19-18(20)16-10-4-9-15-14(16)8-5-11-17(15)21-12-13-6-2-1-3-7-13/h1-3,5-8,11,16H,4,9-10,12H2,(H,19,20)/t16-/m0/s1. The average molecular weight is 282 g/mol. The molecule has 0 fully saturated rings. The van der Waals surface area contributed by atoms with Crippen LogP contribution in [0.3, 0.4) is 0 Å². The quantitative estimate of drug-likeness (QED) is 0.928. The molecule has 108 valence electrons. The zero-order valence-corrected chi connectivity index (χ0v) is 11.8. The van der Waals surface area contributed by atoms with Crippen LogP contribution in [0.2, 0.25) is 0 Å². The van der Waals surface area contributed by atoms with Gasteiger partial charge in [0.15, 0.2) is 0 Å². The van der Waals surface area contributed by atoms with Crippen molar-refractivity contribution in [1.82, 2.24) is 0 Å². The highest BCUT2D eigenvalue weighted by Crippen LogP contribution is 2.37. The molecule has 0 saturated heterocycles. The third-order valence-corrected chi connectivity index (χ3v) is 4.00. The zero-order valence-electron chi connectivity index (χ0n) is 11.8. The van der Waals surface area contributed by atoms with E-state index >= 15 is 0 Å². The lowest BCUT2D eigenvalue weighted by molar-refractivity contribution is -0.139. The predicted octanol–water partition coefficient (Wildman–Crippen LogP) is 3.77. The van der Waals surface area contributed by atoms with Crippen molar-refractivity contribution in [3.8, 4) is 5.75 Å². The van der Waals surface area contributed by atoms with Gasteiger partial charge in [0.25, 0.3) is 0 Å². The molecule has 0 aromatic heterocycles. The van der Waals surface area contributed by atoms with Crippen LogP contribution in [0, 0.1) is 0 Å². The van der Waals surface area contributed by atoms with Crippen LogP contribution >= 0.6 is 0 Å². The van der Waals surface area contributed by atoms with Crippen LogP contribution in [-0.4, -0.2) is 11.1 Å². The van der Waals surface area contributed by atoms with Crippen molar-refractivity contribution in [2.45, 2.75) is 31.8 Å². The number of hydrogen-bond acceptors (Lipinski definition) is 2. The van der Waals surface area contributed by atoms with Crippen molar-refractivity contribution in [3.05, 3.63) is 65.2 Å². The van der Waals surface area contributed by atoms with Gasteiger partial charge in [-0.15, -0.1) is 0 Å². The van der Waals surface area contributed by atoms with Gasteiger partial charge in [0.05, 0.1) is 5.92 Å². The van der Waals surface area contributed by atoms with E-state index in [0.29, 0.717) is 13.0 Å². The minimum absolute atomic E-state index is 0.394. The molecule has 0 radical (unpaired) electrons. The number of ether oxygens (including phenoxy) is 1. The molecule has 0 bridgehead atoms. The Morgan fingerprint density at radius 3 is 2.71 bits per heavy atom. The molecule has 1 aliphatic rings. The van der Waals surface area contributed by atoms with Crippen LogP contribution < -0.4 is 4.74 Å². The number of rotatable bonds is 4. The molecule has 1 aliphatic carbocycles. The first-order valence-corrected chi connectivity index (χ1v) is 7.27. The summed E-state index contributed by atoms with van der Waals surface area (Å²) in [5.41, 5.74) is 3.09. The van der Waals surface area contributed by atoms with Gasteiger partial charge in [-0.3, -0.25) is 4.79 Å². The zero-order chi connectivity index (χ0) is 14.7. The fraction of sp³-hybridized carbons (Fsp3) is 0.278. The molecule has 0 heterocycles. The second kappa shape index (κ2) is 6.00. The molecule has 0 unspecified atom stereocenters. The van der Waals surface area contributed by atoms with Crippen molar-refractivity contribution in [3.63, 3.8) is 0 Å². The summed E-state index contributed by atoms with van der Waals surface area (Å²) in [5, 5.41) is 9.34. The Morgan fingerprint density at radius 2 is 1.95 bits per heavy atom. The molecular weight excluding hydrogens is 264 g/mol. The number of hydrogen-bond donors (Lipinski definition) is 1. The molecule has 1 atom stereocenters. The first kappa shape index (κ1) is 13.7. The lowest BCUT2D eigenvalue weighted by Crippen LogP contribution is -2.18. The number of carboxylic acids is 1. The molecule has 3 nitrogen and oxygen atoms in total. The van der Waals surface area contributed by atoms with Gasteiger partial charge in [-0.2, -0.15) is 0 Å². The molecule has 3 rings (SSSR count). The fourth-order valence-corrected chi connectivity index (χ4v) is 2.94. The maximum absolute atomic E-state index is 11.4. The Balaban J connectivity index is 1.84. The highest BCUT2D eigenvalue weighted by molar-refractivity contribution is 5.77. The first-order valence-electron chi connectivity index (χ1n) is 7.27. The third-order valence-electron chi connectivity index (χ3n) is 4.00. The van der Waals surface area contributed by atoms with Crippen LogP contribution in [0.1, 0.15) is 35.4 Å². The Hall–Kier alpha value is -2.29. The molecule has 0 aliphatic heterocycles. The lowest BCUT2D eigenvalue weighted by atomic mass is 9.82. The van der Waals surface area contributed by atoms with E-state index in [-0.39, 0.29) is 0 Å². The largest absolute Gasteiger partial charge is 0.489 e. The Kier molecular flexibility index (Phi) is 3.91. The first-order chi connectivity index (χ1) is 10.3. The molecule has 21 heavy (non-hydrogen) atoms. The lowest BCUT2D eigenvalue weighted by Gasteiger charge is -2.24. The SMILES string of the molecule is O=C(O)[C@H]1CCCc2c(OCc3ccccc3)cccc21. The second-order valence-corrected chi connectivity index (χ2v) is 5.38. The van der Waals surface area contributed by atoms with Gasteiger partial charge in [-0.1, -0.05) is 42.5 Å². The van der Waals surface area contributed by atoms with Crippen LogP contribution in [0.25, 0.3) is 0 Å². The van der Waals surface area contributed by atoms with Gasteiger partial charge in [-0.25, -0.2) is 0 Å². The minimum atomic E-state index is -0.740. The Morgan fingerprint density at radius 1 is 1.14 bits per heavy atom. The number of fused-ring (bicyclic) bond motifs is 1. The fourth-order valence-electron chi connectivity index (χ4n) is 2.94. The van der Waals surface area contributed by atoms with Gasteiger partial charge >= 0.3 is 5.97 Å². The number of carboxylic acid groups (broad SMARTS) is 1. The van der Waals surface area contributed by atoms with Crippen LogP contribution in [0.15, 0.2) is 48.5 Å². The number of benzene rings is 2. The molecule has 1 N–H and O–H groups in total. The van der Waals surface area contributed by atoms with E-state index in [2.05, 4.69) is 0 Å². The number of aliphatic carboxylic acids is 1. The normalized spacial score (nSPS) is 17.0. The van der Waals surface area contributed by atoms with Crippen molar-refractivity contribution in [2.24, 2.45) is 0 Å². The molecule has 2 aromatic rings. The Bertz CT molecular complexity index is 634. The van der Waals surface area contributed by atoms with E-state index in [4.69, 9.17) is 4.74 Å². The molecule has 0 spiro atoms. The third kappa shape index (κ3) is 2.92. The summed E-state index contributed by atoms with van der Waals surface area (Å²) >= 11 is 0. The van der Waals surface area contributed by atoms with Crippen LogP contribution in [0.5, 0.6) is 5.75 Å². The topological polar surface area (TPSA) is 46.5 Å². The highest BCUT2D eigenvalue weighted by Gasteiger charge is 2.27. The van der Waals surface area contributed by atoms with Crippen molar-refractivity contribution >= 4 is 5.97 Å². The second-order valence-electron chi connectivity index (χ2n) is 5.38. The average Bonchev–Trinajstić information content (AvgIpc) is 2.53. The van der Waals surface area contributed by atoms with Gasteiger partial charge in [0, 0.05) is 0 Å². The Labute approximate surface area is 124 Å². The summed E-state index contributed by atoms with van der Waals surface area (Å²) in [6.45, 7) is 0.509. The van der Waals surface area contributed by atoms with Crippen molar-refractivity contribution in [1.29, 1.82) is 0 Å². The summed E-state index contributed by atoms with van der Waals surface area (Å²) in [7, 11) is 0. The van der Waals surface area contributed by atoms with Gasteiger partial charge in [-0.05, 0) is 42.0 Å². The number of carbonyl (C=O) groups is 1. The monoisotopic (exact) mass is 282 g/mol. The summed E-state index contributed by atoms with van der Waals surface area (Å²) < 4.78 is 5.93. The minimum Gasteiger partial charge on any atom is -0.489 e. The molecule has 3 heteroatoms. The predicted molar refractivity (Wildman–Crippen MR) is 80.5 cm³/mol. The summed E-state index contributed by atoms with van der Waals surface area (Å²) in [6.07, 6.45) is 2.50. The summed E-state index contributed by atoms with van der Waals surface area (Å²) in [5.74, 6) is -0.313. The van der Waals surface area contributed by atoms with E-state index in [1.807, 2.05) is 48.5 Å². The van der Waals surface area contributed by atoms with E-state index in [9.17, 15) is 9.90 Å². The van der Waals surface area contributed by atoms with E-state index in [1.54, 1.807) is 0 Å². The maximum atomic E-state index is 11.4. The van der Waals surface area contributed by atoms with Crippen LogP contribution in [0.4, 0.5) is 0 Å². The van der Waals surface area contributed by atoms with Crippen molar-refractivity contribution in [2.75, 3.05) is 0 Å². The molecule has 0 amide bonds. The smallest absolute Gasteiger partial charge is 0.310 e. The molecule has 2 aromatic carbocycles. The van der Waals surface area contributed by atoms with E-state index in [0.717, 1.165) is 35.3 Å². The summed E-state index contributed by atoms with van der Waals surface area (Å²) in [4.78, 5) is 11.4. The van der Waals surface area contributed by atoms with E-state index < -0.39 is 11.9 Å². The maximum Gasteiger partial charge on any atom is 0.310 e.